The largest absolute Gasteiger partial charge is 0.507 e. The normalized spacial score (nSPS) is 17.1. The lowest BCUT2D eigenvalue weighted by molar-refractivity contribution is -0.139. The van der Waals surface area contributed by atoms with E-state index >= 15 is 0 Å². The van der Waals surface area contributed by atoms with Gasteiger partial charge in [-0.2, -0.15) is 0 Å². The van der Waals surface area contributed by atoms with Crippen LogP contribution >= 0.6 is 0 Å². The van der Waals surface area contributed by atoms with Gasteiger partial charge in [-0.1, -0.05) is 55.5 Å². The van der Waals surface area contributed by atoms with Crippen molar-refractivity contribution >= 4 is 17.4 Å². The number of aryl methyl sites for hydroxylation is 1. The summed E-state index contributed by atoms with van der Waals surface area (Å²) >= 11 is 0. The Hall–Kier alpha value is -3.93. The molecule has 0 spiro atoms. The van der Waals surface area contributed by atoms with Crippen molar-refractivity contribution in [3.05, 3.63) is 106 Å². The molecule has 186 valence electrons. The first kappa shape index (κ1) is 25.2. The van der Waals surface area contributed by atoms with E-state index in [1.54, 1.807) is 36.4 Å². The molecule has 3 aromatic rings. The van der Waals surface area contributed by atoms with Crippen molar-refractivity contribution in [1.82, 2.24) is 4.90 Å². The fourth-order valence-corrected chi connectivity index (χ4v) is 4.41. The summed E-state index contributed by atoms with van der Waals surface area (Å²) in [5, 5.41) is 11.2. The van der Waals surface area contributed by atoms with E-state index in [1.165, 1.54) is 17.0 Å². The van der Waals surface area contributed by atoms with Crippen LogP contribution < -0.4 is 4.74 Å². The van der Waals surface area contributed by atoms with Gasteiger partial charge in [0.25, 0.3) is 11.7 Å². The number of Topliss-reactive ketones (excluding diaryl/α,β-unsaturated/α-hetero) is 1. The number of carbonyl (C=O) groups is 2. The number of amides is 1. The zero-order valence-corrected chi connectivity index (χ0v) is 20.7. The van der Waals surface area contributed by atoms with Crippen LogP contribution in [0, 0.1) is 5.82 Å². The van der Waals surface area contributed by atoms with Crippen molar-refractivity contribution in [2.75, 3.05) is 6.54 Å². The smallest absolute Gasteiger partial charge is 0.295 e. The van der Waals surface area contributed by atoms with E-state index in [0.717, 1.165) is 17.5 Å². The van der Waals surface area contributed by atoms with E-state index in [1.807, 2.05) is 45.0 Å². The molecule has 1 unspecified atom stereocenters. The molecule has 1 atom stereocenters. The fraction of sp³-hybridized carbons (Fsp3) is 0.267. The van der Waals surface area contributed by atoms with E-state index in [4.69, 9.17) is 4.74 Å². The van der Waals surface area contributed by atoms with Gasteiger partial charge in [0.15, 0.2) is 0 Å². The predicted molar refractivity (Wildman–Crippen MR) is 137 cm³/mol. The Morgan fingerprint density at radius 1 is 0.944 bits per heavy atom. The summed E-state index contributed by atoms with van der Waals surface area (Å²) < 4.78 is 19.1. The number of ether oxygens (including phenoxy) is 1. The predicted octanol–water partition coefficient (Wildman–Crippen LogP) is 5.84. The number of hydrogen-bond acceptors (Lipinski definition) is 4. The van der Waals surface area contributed by atoms with Gasteiger partial charge in [0.2, 0.25) is 0 Å². The number of rotatable bonds is 8. The molecule has 1 aliphatic heterocycles. The second kappa shape index (κ2) is 10.8. The third-order valence-electron chi connectivity index (χ3n) is 6.30. The summed E-state index contributed by atoms with van der Waals surface area (Å²) in [6, 6.07) is 19.8. The van der Waals surface area contributed by atoms with Crippen molar-refractivity contribution in [2.24, 2.45) is 0 Å². The maximum atomic E-state index is 13.3. The zero-order valence-electron chi connectivity index (χ0n) is 20.7. The average Bonchev–Trinajstić information content (AvgIpc) is 3.13. The number of benzene rings is 3. The Bertz CT molecular complexity index is 1260. The number of halogens is 1. The molecular formula is C30H30FNO4. The van der Waals surface area contributed by atoms with Crippen molar-refractivity contribution in [2.45, 2.75) is 45.8 Å². The molecule has 5 nitrogen and oxygen atoms in total. The minimum absolute atomic E-state index is 0.00304. The molecule has 1 amide bonds. The van der Waals surface area contributed by atoms with Crippen LogP contribution in [0.25, 0.3) is 5.76 Å². The Balaban J connectivity index is 1.74. The minimum Gasteiger partial charge on any atom is -0.507 e. The number of aliphatic hydroxyl groups is 1. The first-order valence-corrected chi connectivity index (χ1v) is 12.2. The highest BCUT2D eigenvalue weighted by Crippen LogP contribution is 2.40. The van der Waals surface area contributed by atoms with E-state index in [9.17, 15) is 19.1 Å². The van der Waals surface area contributed by atoms with Gasteiger partial charge in [0.05, 0.1) is 17.7 Å². The lowest BCUT2D eigenvalue weighted by atomic mass is 9.94. The summed E-state index contributed by atoms with van der Waals surface area (Å²) in [6.07, 6.45) is 1.28. The van der Waals surface area contributed by atoms with Crippen LogP contribution in [-0.4, -0.2) is 34.3 Å². The molecular weight excluding hydrogens is 457 g/mol. The molecule has 0 aromatic heterocycles. The Morgan fingerprint density at radius 3 is 2.14 bits per heavy atom. The second-order valence-corrected chi connectivity index (χ2v) is 9.16. The first-order valence-electron chi connectivity index (χ1n) is 12.2. The number of aliphatic hydroxyl groups excluding tert-OH is 1. The highest BCUT2D eigenvalue weighted by atomic mass is 19.1. The second-order valence-electron chi connectivity index (χ2n) is 9.16. The highest BCUT2D eigenvalue weighted by Gasteiger charge is 2.45. The average molecular weight is 488 g/mol. The fourth-order valence-electron chi connectivity index (χ4n) is 4.41. The topological polar surface area (TPSA) is 66.8 Å². The molecule has 1 aliphatic rings. The van der Waals surface area contributed by atoms with Gasteiger partial charge in [0, 0.05) is 12.1 Å². The van der Waals surface area contributed by atoms with Crippen molar-refractivity contribution in [1.29, 1.82) is 0 Å². The molecule has 36 heavy (non-hydrogen) atoms. The third-order valence-corrected chi connectivity index (χ3v) is 6.30. The number of hydrogen-bond donors (Lipinski definition) is 1. The van der Waals surface area contributed by atoms with E-state index in [-0.39, 0.29) is 29.8 Å². The van der Waals surface area contributed by atoms with Gasteiger partial charge in [0.1, 0.15) is 17.3 Å². The summed E-state index contributed by atoms with van der Waals surface area (Å²) in [6.45, 7) is 6.13. The van der Waals surface area contributed by atoms with Gasteiger partial charge in [-0.3, -0.25) is 9.59 Å². The number of likely N-dealkylation sites (tertiary alicyclic amines) is 1. The molecule has 0 saturated carbocycles. The van der Waals surface area contributed by atoms with Crippen LogP contribution in [0.3, 0.4) is 0 Å². The lowest BCUT2D eigenvalue weighted by Crippen LogP contribution is -2.31. The molecule has 3 aromatic carbocycles. The number of ketones is 1. The highest BCUT2D eigenvalue weighted by molar-refractivity contribution is 6.46. The summed E-state index contributed by atoms with van der Waals surface area (Å²) in [5.41, 5.74) is 3.17. The Labute approximate surface area is 210 Å². The molecule has 0 bridgehead atoms. The maximum Gasteiger partial charge on any atom is 0.295 e. The van der Waals surface area contributed by atoms with E-state index in [0.29, 0.717) is 23.3 Å². The van der Waals surface area contributed by atoms with Gasteiger partial charge >= 0.3 is 0 Å². The maximum absolute atomic E-state index is 13.3. The van der Waals surface area contributed by atoms with Crippen molar-refractivity contribution in [3.8, 4) is 5.75 Å². The first-order chi connectivity index (χ1) is 17.3. The molecule has 1 fully saturated rings. The van der Waals surface area contributed by atoms with Crippen LogP contribution in [0.4, 0.5) is 4.39 Å². The summed E-state index contributed by atoms with van der Waals surface area (Å²) in [7, 11) is 0. The summed E-state index contributed by atoms with van der Waals surface area (Å²) in [5.74, 6) is -1.26. The zero-order chi connectivity index (χ0) is 25.8. The Kier molecular flexibility index (Phi) is 7.53. The summed E-state index contributed by atoms with van der Waals surface area (Å²) in [4.78, 5) is 27.9. The van der Waals surface area contributed by atoms with Crippen LogP contribution in [0.15, 0.2) is 78.4 Å². The third kappa shape index (κ3) is 5.33. The molecule has 1 heterocycles. The molecule has 1 N–H and O–H groups in total. The van der Waals surface area contributed by atoms with Crippen LogP contribution in [0.5, 0.6) is 5.75 Å². The quantitative estimate of drug-likeness (QED) is 0.246. The monoisotopic (exact) mass is 487 g/mol. The van der Waals surface area contributed by atoms with Gasteiger partial charge in [-0.15, -0.1) is 0 Å². The standard InChI is InChI=1S/C30H30FNO4/c1-4-20-5-9-23(10-6-20)28(33)26-27(22-11-15-25(16-12-22)36-19(2)3)32(30(35)29(26)34)18-17-21-7-13-24(31)14-8-21/h5-16,19,27,33H,4,17-18H2,1-3H3/b28-26-. The Morgan fingerprint density at radius 2 is 1.56 bits per heavy atom. The lowest BCUT2D eigenvalue weighted by Gasteiger charge is -2.25. The van der Waals surface area contributed by atoms with Crippen LogP contribution in [-0.2, 0) is 22.4 Å². The molecule has 4 rings (SSSR count). The molecule has 6 heteroatoms. The molecule has 0 radical (unpaired) electrons. The number of nitrogens with zero attached hydrogens (tertiary/aromatic N) is 1. The van der Waals surface area contributed by atoms with Crippen LogP contribution in [0.2, 0.25) is 0 Å². The van der Waals surface area contributed by atoms with Gasteiger partial charge in [-0.25, -0.2) is 4.39 Å². The van der Waals surface area contributed by atoms with Crippen LogP contribution in [0.1, 0.15) is 49.1 Å². The minimum atomic E-state index is -0.760. The van der Waals surface area contributed by atoms with Crippen molar-refractivity contribution in [3.63, 3.8) is 0 Å². The van der Waals surface area contributed by atoms with Crippen molar-refractivity contribution < 1.29 is 23.8 Å². The molecule has 1 saturated heterocycles. The van der Waals surface area contributed by atoms with E-state index < -0.39 is 17.7 Å². The van der Waals surface area contributed by atoms with Gasteiger partial charge in [-0.05, 0) is 67.6 Å². The van der Waals surface area contributed by atoms with Gasteiger partial charge < -0.3 is 14.7 Å². The molecule has 0 aliphatic carbocycles. The van der Waals surface area contributed by atoms with E-state index in [2.05, 4.69) is 0 Å². The SMILES string of the molecule is CCc1ccc(/C(O)=C2/C(=O)C(=O)N(CCc3ccc(F)cc3)C2c2ccc(OC(C)C)cc2)cc1. The number of carbonyl (C=O) groups excluding carboxylic acids is 2.